The van der Waals surface area contributed by atoms with E-state index in [9.17, 15) is 13.2 Å². The lowest BCUT2D eigenvalue weighted by molar-refractivity contribution is 0.0963. The molecule has 0 fully saturated rings. The Balaban J connectivity index is 2.17. The van der Waals surface area contributed by atoms with Gasteiger partial charge in [-0.1, -0.05) is 12.1 Å². The van der Waals surface area contributed by atoms with Gasteiger partial charge in [0.1, 0.15) is 5.75 Å². The molecule has 0 saturated carbocycles. The summed E-state index contributed by atoms with van der Waals surface area (Å²) in [5, 5.41) is 2.50. The summed E-state index contributed by atoms with van der Waals surface area (Å²) >= 11 is 0. The number of nitrogens with one attached hydrogen (secondary N) is 1. The van der Waals surface area contributed by atoms with Crippen LogP contribution in [0.5, 0.6) is 5.75 Å². The standard InChI is InChI=1S/C17H20N2O4S/c1-18-17(20)14-6-10-16(11-7-14)24(21,22)19(2)12-13-4-8-15(23-3)9-5-13/h4-11H,12H2,1-3H3,(H,18,20). The Morgan fingerprint density at radius 3 is 2.17 bits per heavy atom. The molecule has 0 bridgehead atoms. The fourth-order valence-corrected chi connectivity index (χ4v) is 3.33. The van der Waals surface area contributed by atoms with Gasteiger partial charge in [0.25, 0.3) is 5.91 Å². The van der Waals surface area contributed by atoms with Crippen molar-refractivity contribution in [3.63, 3.8) is 0 Å². The molecule has 0 spiro atoms. The lowest BCUT2D eigenvalue weighted by Crippen LogP contribution is -2.26. The lowest BCUT2D eigenvalue weighted by atomic mass is 10.2. The Hall–Kier alpha value is -2.38. The van der Waals surface area contributed by atoms with E-state index in [1.807, 2.05) is 12.1 Å². The number of carbonyl (C=O) groups is 1. The van der Waals surface area contributed by atoms with Crippen LogP contribution in [0.4, 0.5) is 0 Å². The van der Waals surface area contributed by atoms with Crippen molar-refractivity contribution >= 4 is 15.9 Å². The summed E-state index contributed by atoms with van der Waals surface area (Å²) in [5.41, 5.74) is 1.26. The largest absolute Gasteiger partial charge is 0.497 e. The van der Waals surface area contributed by atoms with Gasteiger partial charge in [-0.3, -0.25) is 4.79 Å². The van der Waals surface area contributed by atoms with Gasteiger partial charge in [-0.05, 0) is 42.0 Å². The average molecular weight is 348 g/mol. The summed E-state index contributed by atoms with van der Waals surface area (Å²) in [6.07, 6.45) is 0. The maximum absolute atomic E-state index is 12.6. The molecule has 2 rings (SSSR count). The zero-order chi connectivity index (χ0) is 17.7. The molecule has 0 saturated heterocycles. The number of nitrogens with zero attached hydrogens (tertiary/aromatic N) is 1. The van der Waals surface area contributed by atoms with Gasteiger partial charge in [0.05, 0.1) is 12.0 Å². The first-order chi connectivity index (χ1) is 11.4. The summed E-state index contributed by atoms with van der Waals surface area (Å²) in [6.45, 7) is 0.240. The van der Waals surface area contributed by atoms with Crippen molar-refractivity contribution in [2.24, 2.45) is 0 Å². The molecule has 0 aliphatic rings. The fraction of sp³-hybridized carbons (Fsp3) is 0.235. The summed E-state index contributed by atoms with van der Waals surface area (Å²) in [7, 11) is 0.989. The molecule has 7 heteroatoms. The molecule has 6 nitrogen and oxygen atoms in total. The van der Waals surface area contributed by atoms with Gasteiger partial charge in [-0.25, -0.2) is 8.42 Å². The molecule has 128 valence electrons. The smallest absolute Gasteiger partial charge is 0.251 e. The van der Waals surface area contributed by atoms with Crippen LogP contribution in [0.3, 0.4) is 0 Å². The van der Waals surface area contributed by atoms with Crippen molar-refractivity contribution in [3.8, 4) is 5.75 Å². The lowest BCUT2D eigenvalue weighted by Gasteiger charge is -2.17. The topological polar surface area (TPSA) is 75.7 Å². The predicted octanol–water partition coefficient (Wildman–Crippen LogP) is 1.88. The summed E-state index contributed by atoms with van der Waals surface area (Å²) in [4.78, 5) is 11.7. The third-order valence-electron chi connectivity index (χ3n) is 3.62. The number of ether oxygens (including phenoxy) is 1. The number of hydrogen-bond acceptors (Lipinski definition) is 4. The third-order valence-corrected chi connectivity index (χ3v) is 5.43. The summed E-state index contributed by atoms with van der Waals surface area (Å²) < 4.78 is 31.6. The van der Waals surface area contributed by atoms with E-state index in [4.69, 9.17) is 4.74 Å². The second-order valence-corrected chi connectivity index (χ2v) is 7.26. The van der Waals surface area contributed by atoms with E-state index >= 15 is 0 Å². The Morgan fingerprint density at radius 1 is 1.08 bits per heavy atom. The van der Waals surface area contributed by atoms with Crippen LogP contribution in [0.25, 0.3) is 0 Å². The normalized spacial score (nSPS) is 11.3. The third kappa shape index (κ3) is 3.93. The molecular formula is C17H20N2O4S. The van der Waals surface area contributed by atoms with E-state index in [0.29, 0.717) is 11.3 Å². The van der Waals surface area contributed by atoms with Crippen molar-refractivity contribution in [2.45, 2.75) is 11.4 Å². The highest BCUT2D eigenvalue weighted by Crippen LogP contribution is 2.19. The molecular weight excluding hydrogens is 328 g/mol. The SMILES string of the molecule is CNC(=O)c1ccc(S(=O)(=O)N(C)Cc2ccc(OC)cc2)cc1. The Kier molecular flexibility index (Phi) is 5.58. The van der Waals surface area contributed by atoms with Crippen LogP contribution in [0, 0.1) is 0 Å². The quantitative estimate of drug-likeness (QED) is 0.865. The van der Waals surface area contributed by atoms with E-state index < -0.39 is 10.0 Å². The molecule has 0 heterocycles. The van der Waals surface area contributed by atoms with E-state index in [1.165, 1.54) is 42.7 Å². The van der Waals surface area contributed by atoms with Gasteiger partial charge in [0, 0.05) is 26.2 Å². The molecule has 24 heavy (non-hydrogen) atoms. The number of carbonyl (C=O) groups excluding carboxylic acids is 1. The van der Waals surface area contributed by atoms with Crippen LogP contribution in [0.1, 0.15) is 15.9 Å². The second-order valence-electron chi connectivity index (χ2n) is 5.21. The molecule has 0 aliphatic carbocycles. The van der Waals surface area contributed by atoms with Crippen LogP contribution in [-0.4, -0.2) is 39.8 Å². The van der Waals surface area contributed by atoms with Crippen molar-refractivity contribution in [1.82, 2.24) is 9.62 Å². The van der Waals surface area contributed by atoms with Gasteiger partial charge >= 0.3 is 0 Å². The zero-order valence-electron chi connectivity index (χ0n) is 13.8. The van der Waals surface area contributed by atoms with Crippen LogP contribution in [-0.2, 0) is 16.6 Å². The van der Waals surface area contributed by atoms with Crippen molar-refractivity contribution < 1.29 is 17.9 Å². The highest BCUT2D eigenvalue weighted by atomic mass is 32.2. The van der Waals surface area contributed by atoms with Crippen molar-refractivity contribution in [3.05, 3.63) is 59.7 Å². The van der Waals surface area contributed by atoms with Crippen molar-refractivity contribution in [2.75, 3.05) is 21.2 Å². The summed E-state index contributed by atoms with van der Waals surface area (Å²) in [6, 6.07) is 13.1. The number of benzene rings is 2. The molecule has 0 radical (unpaired) electrons. The molecule has 0 unspecified atom stereocenters. The Morgan fingerprint density at radius 2 is 1.67 bits per heavy atom. The number of amides is 1. The fourth-order valence-electron chi connectivity index (χ4n) is 2.18. The molecule has 0 aliphatic heterocycles. The van der Waals surface area contributed by atoms with Gasteiger partial charge < -0.3 is 10.1 Å². The van der Waals surface area contributed by atoms with Crippen LogP contribution in [0.2, 0.25) is 0 Å². The number of sulfonamides is 1. The number of methoxy groups -OCH3 is 1. The summed E-state index contributed by atoms with van der Waals surface area (Å²) in [5.74, 6) is 0.458. The average Bonchev–Trinajstić information content (AvgIpc) is 2.61. The molecule has 1 N–H and O–H groups in total. The maximum Gasteiger partial charge on any atom is 0.251 e. The van der Waals surface area contributed by atoms with Gasteiger partial charge in [-0.2, -0.15) is 4.31 Å². The first kappa shape index (κ1) is 18.0. The molecule has 0 aromatic heterocycles. The minimum Gasteiger partial charge on any atom is -0.497 e. The van der Waals surface area contributed by atoms with Crippen LogP contribution < -0.4 is 10.1 Å². The second kappa shape index (κ2) is 7.46. The van der Waals surface area contributed by atoms with Crippen LogP contribution >= 0.6 is 0 Å². The minimum absolute atomic E-state index is 0.145. The van der Waals surface area contributed by atoms with Gasteiger partial charge in [-0.15, -0.1) is 0 Å². The van der Waals surface area contributed by atoms with E-state index in [0.717, 1.165) is 5.56 Å². The van der Waals surface area contributed by atoms with E-state index in [2.05, 4.69) is 5.32 Å². The maximum atomic E-state index is 12.6. The van der Waals surface area contributed by atoms with Gasteiger partial charge in [0.15, 0.2) is 0 Å². The van der Waals surface area contributed by atoms with E-state index in [1.54, 1.807) is 19.2 Å². The van der Waals surface area contributed by atoms with E-state index in [-0.39, 0.29) is 17.3 Å². The molecule has 2 aromatic carbocycles. The Labute approximate surface area is 142 Å². The zero-order valence-corrected chi connectivity index (χ0v) is 14.6. The molecule has 1 amide bonds. The van der Waals surface area contributed by atoms with Crippen LogP contribution in [0.15, 0.2) is 53.4 Å². The Bertz CT molecular complexity index is 799. The molecule has 0 atom stereocenters. The molecule has 2 aromatic rings. The first-order valence-corrected chi connectivity index (χ1v) is 8.74. The monoisotopic (exact) mass is 348 g/mol. The highest BCUT2D eigenvalue weighted by Gasteiger charge is 2.21. The van der Waals surface area contributed by atoms with Gasteiger partial charge in [0.2, 0.25) is 10.0 Å². The number of hydrogen-bond donors (Lipinski definition) is 1. The van der Waals surface area contributed by atoms with Crippen molar-refractivity contribution in [1.29, 1.82) is 0 Å². The number of rotatable bonds is 6. The highest BCUT2D eigenvalue weighted by molar-refractivity contribution is 7.89. The minimum atomic E-state index is -3.63. The first-order valence-electron chi connectivity index (χ1n) is 7.30. The predicted molar refractivity (Wildman–Crippen MR) is 91.5 cm³/mol.